The molecule has 8 nitrogen and oxygen atoms in total. The number of aromatic nitrogens is 3. The summed E-state index contributed by atoms with van der Waals surface area (Å²) in [6, 6.07) is 0.667. The zero-order chi connectivity index (χ0) is 19.1. The van der Waals surface area contributed by atoms with Crippen molar-refractivity contribution in [3.63, 3.8) is 0 Å². The lowest BCUT2D eigenvalue weighted by molar-refractivity contribution is 0.145. The first-order chi connectivity index (χ1) is 13.2. The highest BCUT2D eigenvalue weighted by Crippen LogP contribution is 2.20. The quantitative estimate of drug-likeness (QED) is 0.252. The van der Waals surface area contributed by atoms with Crippen molar-refractivity contribution >= 4 is 29.9 Å². The van der Waals surface area contributed by atoms with Crippen LogP contribution < -0.4 is 5.32 Å². The highest BCUT2D eigenvalue weighted by atomic mass is 127. The van der Waals surface area contributed by atoms with Gasteiger partial charge in [0.25, 0.3) is 0 Å². The van der Waals surface area contributed by atoms with Gasteiger partial charge in [0.2, 0.25) is 0 Å². The Labute approximate surface area is 186 Å². The maximum Gasteiger partial charge on any atom is 0.194 e. The summed E-state index contributed by atoms with van der Waals surface area (Å²) in [5.41, 5.74) is 0. The van der Waals surface area contributed by atoms with E-state index in [1.54, 1.807) is 0 Å². The lowest BCUT2D eigenvalue weighted by Crippen LogP contribution is -2.43. The minimum atomic E-state index is 0. The third-order valence-electron chi connectivity index (χ3n) is 5.63. The van der Waals surface area contributed by atoms with Gasteiger partial charge in [-0.25, -0.2) is 4.99 Å². The summed E-state index contributed by atoms with van der Waals surface area (Å²) in [7, 11) is 1.99. The molecule has 0 aromatic carbocycles. The summed E-state index contributed by atoms with van der Waals surface area (Å²) < 4.78 is 7.46. The number of hydrogen-bond acceptors (Lipinski definition) is 5. The number of ether oxygens (including phenoxy) is 1. The monoisotopic (exact) mass is 505 g/mol. The van der Waals surface area contributed by atoms with E-state index in [2.05, 4.69) is 25.3 Å². The SMILES string of the molecule is CCOCCCNC(=NCc1nnc(C)n1C)N1CCC(N2CCCC2)C1.I. The van der Waals surface area contributed by atoms with Crippen LogP contribution in [0.5, 0.6) is 0 Å². The molecule has 3 rings (SSSR count). The molecule has 1 aromatic rings. The molecule has 3 heterocycles. The third kappa shape index (κ3) is 6.28. The molecule has 2 fully saturated rings. The van der Waals surface area contributed by atoms with Crippen LogP contribution >= 0.6 is 24.0 Å². The van der Waals surface area contributed by atoms with E-state index in [1.165, 1.54) is 32.4 Å². The number of guanidine groups is 1. The number of nitrogens with one attached hydrogen (secondary N) is 1. The first-order valence-corrected chi connectivity index (χ1v) is 10.4. The molecule has 160 valence electrons. The molecular formula is C19H36IN7O. The molecule has 2 saturated heterocycles. The number of nitrogens with zero attached hydrogens (tertiary/aromatic N) is 6. The second kappa shape index (κ2) is 11.9. The van der Waals surface area contributed by atoms with Gasteiger partial charge in [0.1, 0.15) is 12.4 Å². The summed E-state index contributed by atoms with van der Waals surface area (Å²) in [5, 5.41) is 11.9. The lowest BCUT2D eigenvalue weighted by atomic mass is 10.2. The predicted octanol–water partition coefficient (Wildman–Crippen LogP) is 1.78. The van der Waals surface area contributed by atoms with Crippen molar-refractivity contribution in [2.24, 2.45) is 12.0 Å². The number of aliphatic imine (C=N–C) groups is 1. The van der Waals surface area contributed by atoms with Gasteiger partial charge >= 0.3 is 0 Å². The summed E-state index contributed by atoms with van der Waals surface area (Å²) in [4.78, 5) is 9.94. The molecule has 0 saturated carbocycles. The summed E-state index contributed by atoms with van der Waals surface area (Å²) in [6.45, 7) is 11.6. The Kier molecular flexibility index (Phi) is 9.93. The van der Waals surface area contributed by atoms with E-state index >= 15 is 0 Å². The highest BCUT2D eigenvalue weighted by molar-refractivity contribution is 14.0. The van der Waals surface area contributed by atoms with Crippen LogP contribution in [0.4, 0.5) is 0 Å². The lowest BCUT2D eigenvalue weighted by Gasteiger charge is -2.25. The number of likely N-dealkylation sites (tertiary alicyclic amines) is 2. The Morgan fingerprint density at radius 2 is 2.04 bits per heavy atom. The number of aryl methyl sites for hydroxylation is 1. The highest BCUT2D eigenvalue weighted by Gasteiger charge is 2.30. The van der Waals surface area contributed by atoms with Gasteiger partial charge in [-0.3, -0.25) is 4.90 Å². The number of halogens is 1. The molecule has 1 aromatic heterocycles. The summed E-state index contributed by atoms with van der Waals surface area (Å²) >= 11 is 0. The maximum absolute atomic E-state index is 5.45. The van der Waals surface area contributed by atoms with Crippen molar-refractivity contribution in [1.82, 2.24) is 29.9 Å². The second-order valence-electron chi connectivity index (χ2n) is 7.47. The van der Waals surface area contributed by atoms with Crippen molar-refractivity contribution in [2.45, 2.75) is 52.1 Å². The number of rotatable bonds is 8. The van der Waals surface area contributed by atoms with Gasteiger partial charge < -0.3 is 19.5 Å². The molecule has 2 aliphatic heterocycles. The van der Waals surface area contributed by atoms with Crippen LogP contribution in [0.2, 0.25) is 0 Å². The Balaban J connectivity index is 0.00000280. The molecule has 0 spiro atoms. The van der Waals surface area contributed by atoms with Gasteiger partial charge in [-0.05, 0) is 52.6 Å². The first-order valence-electron chi connectivity index (χ1n) is 10.4. The zero-order valence-electron chi connectivity index (χ0n) is 17.6. The fourth-order valence-corrected chi connectivity index (χ4v) is 3.86. The van der Waals surface area contributed by atoms with E-state index in [0.29, 0.717) is 12.6 Å². The Bertz CT molecular complexity index is 615. The maximum atomic E-state index is 5.45. The van der Waals surface area contributed by atoms with Gasteiger partial charge in [-0.1, -0.05) is 0 Å². The van der Waals surface area contributed by atoms with E-state index in [0.717, 1.165) is 56.9 Å². The van der Waals surface area contributed by atoms with Crippen LogP contribution in [0.25, 0.3) is 0 Å². The predicted molar refractivity (Wildman–Crippen MR) is 122 cm³/mol. The minimum Gasteiger partial charge on any atom is -0.382 e. The van der Waals surface area contributed by atoms with Crippen molar-refractivity contribution < 1.29 is 4.74 Å². The third-order valence-corrected chi connectivity index (χ3v) is 5.63. The first kappa shape index (κ1) is 23.3. The average Bonchev–Trinajstić information content (AvgIpc) is 3.41. The molecule has 1 atom stereocenters. The fraction of sp³-hybridized carbons (Fsp3) is 0.842. The normalized spacial score (nSPS) is 20.6. The van der Waals surface area contributed by atoms with Crippen LogP contribution in [0.3, 0.4) is 0 Å². The van der Waals surface area contributed by atoms with Crippen molar-refractivity contribution in [3.05, 3.63) is 11.6 Å². The summed E-state index contributed by atoms with van der Waals surface area (Å²) in [5.74, 6) is 2.81. The molecule has 9 heteroatoms. The molecule has 1 N–H and O–H groups in total. The molecule has 1 unspecified atom stereocenters. The molecule has 28 heavy (non-hydrogen) atoms. The van der Waals surface area contributed by atoms with Gasteiger partial charge in [0.15, 0.2) is 11.8 Å². The molecule has 0 bridgehead atoms. The van der Waals surface area contributed by atoms with Gasteiger partial charge in [0, 0.05) is 45.9 Å². The standard InChI is InChI=1S/C19H35N7O.HI/c1-4-27-13-7-9-20-19(21-14-18-23-22-16(2)24(18)3)26-12-8-17(15-26)25-10-5-6-11-25;/h17H,4-15H2,1-3H3,(H,20,21);1H. The molecule has 0 radical (unpaired) electrons. The van der Waals surface area contributed by atoms with E-state index in [9.17, 15) is 0 Å². The average molecular weight is 505 g/mol. The van der Waals surface area contributed by atoms with Crippen molar-refractivity contribution in [3.8, 4) is 0 Å². The zero-order valence-corrected chi connectivity index (χ0v) is 19.9. The van der Waals surface area contributed by atoms with Crippen LogP contribution in [0.15, 0.2) is 4.99 Å². The molecule has 2 aliphatic rings. The van der Waals surface area contributed by atoms with Crippen LogP contribution in [-0.4, -0.2) is 82.5 Å². The second-order valence-corrected chi connectivity index (χ2v) is 7.47. The van der Waals surface area contributed by atoms with Crippen molar-refractivity contribution in [1.29, 1.82) is 0 Å². The van der Waals surface area contributed by atoms with Gasteiger partial charge in [-0.2, -0.15) is 0 Å². The van der Waals surface area contributed by atoms with E-state index in [4.69, 9.17) is 9.73 Å². The van der Waals surface area contributed by atoms with Gasteiger partial charge in [0.05, 0.1) is 0 Å². The van der Waals surface area contributed by atoms with Crippen LogP contribution in [-0.2, 0) is 18.3 Å². The molecular weight excluding hydrogens is 469 g/mol. The number of hydrogen-bond donors (Lipinski definition) is 1. The topological polar surface area (TPSA) is 70.8 Å². The summed E-state index contributed by atoms with van der Waals surface area (Å²) in [6.07, 6.45) is 4.90. The Morgan fingerprint density at radius 1 is 1.25 bits per heavy atom. The fourth-order valence-electron chi connectivity index (χ4n) is 3.86. The van der Waals surface area contributed by atoms with Crippen LogP contribution in [0, 0.1) is 6.92 Å². The Morgan fingerprint density at radius 3 is 2.71 bits per heavy atom. The molecule has 0 aliphatic carbocycles. The Hall–Kier alpha value is -0.940. The minimum absolute atomic E-state index is 0. The van der Waals surface area contributed by atoms with Gasteiger partial charge in [-0.15, -0.1) is 34.2 Å². The van der Waals surface area contributed by atoms with Crippen molar-refractivity contribution in [2.75, 3.05) is 45.9 Å². The van der Waals surface area contributed by atoms with Crippen LogP contribution in [0.1, 0.15) is 44.3 Å². The van der Waals surface area contributed by atoms with E-state index in [1.807, 2.05) is 25.5 Å². The largest absolute Gasteiger partial charge is 0.382 e. The van der Waals surface area contributed by atoms with E-state index < -0.39 is 0 Å². The molecule has 0 amide bonds. The van der Waals surface area contributed by atoms with E-state index in [-0.39, 0.29) is 24.0 Å². The smallest absolute Gasteiger partial charge is 0.194 e.